The van der Waals surface area contributed by atoms with Gasteiger partial charge < -0.3 is 0 Å². The zero-order valence-corrected chi connectivity index (χ0v) is 16.5. The lowest BCUT2D eigenvalue weighted by Crippen LogP contribution is -2.25. The van der Waals surface area contributed by atoms with Crippen LogP contribution in [-0.4, -0.2) is 31.7 Å². The molecule has 0 unspecified atom stereocenters. The fourth-order valence-corrected chi connectivity index (χ4v) is 9.41. The van der Waals surface area contributed by atoms with Gasteiger partial charge in [-0.1, -0.05) is 12.5 Å². The van der Waals surface area contributed by atoms with E-state index in [1.165, 1.54) is 80.8 Å². The molecule has 0 atom stereocenters. The van der Waals surface area contributed by atoms with E-state index in [9.17, 15) is 0 Å². The fourth-order valence-electron chi connectivity index (χ4n) is 2.95. The topological polar surface area (TPSA) is 0 Å². The van der Waals surface area contributed by atoms with Gasteiger partial charge in [0.15, 0.2) is 0 Å². The van der Waals surface area contributed by atoms with Crippen LogP contribution in [-0.2, 0) is 0 Å². The molecule has 4 heteroatoms. The van der Waals surface area contributed by atoms with Crippen molar-refractivity contribution in [1.82, 2.24) is 0 Å². The first kappa shape index (κ1) is 18.5. The smallest absolute Gasteiger partial charge is 0.0611 e. The molecule has 2 aliphatic rings. The van der Waals surface area contributed by atoms with Crippen LogP contribution in [0.4, 0.5) is 0 Å². The van der Waals surface area contributed by atoms with Crippen molar-refractivity contribution in [3.05, 3.63) is 12.7 Å². The highest BCUT2D eigenvalue weighted by atomic mass is 32.2. The normalized spacial score (nSPS) is 23.0. The van der Waals surface area contributed by atoms with Gasteiger partial charge in [-0.3, -0.25) is 0 Å². The van der Waals surface area contributed by atoms with Gasteiger partial charge in [0.05, 0.1) is 8.66 Å². The molecule has 0 spiro atoms. The van der Waals surface area contributed by atoms with Crippen LogP contribution < -0.4 is 0 Å². The first-order valence-corrected chi connectivity index (χ1v) is 12.5. The van der Waals surface area contributed by atoms with E-state index in [0.717, 1.165) is 4.58 Å². The molecule has 2 heterocycles. The van der Waals surface area contributed by atoms with Crippen molar-refractivity contribution in [2.24, 2.45) is 0 Å². The summed E-state index contributed by atoms with van der Waals surface area (Å²) in [5.41, 5.74) is 0. The highest BCUT2D eigenvalue weighted by Gasteiger charge is 2.32. The van der Waals surface area contributed by atoms with Gasteiger partial charge in [-0.15, -0.1) is 53.6 Å². The lowest BCUT2D eigenvalue weighted by Gasteiger charge is -2.37. The van der Waals surface area contributed by atoms with E-state index in [-0.39, 0.29) is 0 Å². The van der Waals surface area contributed by atoms with Gasteiger partial charge in [0.2, 0.25) is 0 Å². The monoisotopic (exact) mass is 362 g/mol. The SMILES string of the molecule is C=CCCCCC1(CCCC2SCCCS2)SCCCS1. The molecule has 0 nitrogen and oxygen atoms in total. The minimum absolute atomic E-state index is 0.559. The Morgan fingerprint density at radius 3 is 2.29 bits per heavy atom. The molecule has 2 rings (SSSR count). The predicted molar refractivity (Wildman–Crippen MR) is 108 cm³/mol. The van der Waals surface area contributed by atoms with Crippen molar-refractivity contribution in [1.29, 1.82) is 0 Å². The number of rotatable bonds is 9. The van der Waals surface area contributed by atoms with Crippen LogP contribution in [0, 0.1) is 0 Å². The Labute approximate surface area is 148 Å². The summed E-state index contributed by atoms with van der Waals surface area (Å²) in [5.74, 6) is 5.57. The standard InChI is InChI=1S/C17H30S4/c1-2-3-4-5-10-17(20-14-8-15-21-17)11-6-9-16-18-12-7-13-19-16/h2,16H,1,3-15H2. The first-order valence-electron chi connectivity index (χ1n) is 8.47. The molecule has 0 aromatic rings. The van der Waals surface area contributed by atoms with Gasteiger partial charge in [-0.2, -0.15) is 0 Å². The Morgan fingerprint density at radius 2 is 1.57 bits per heavy atom. The second kappa shape index (κ2) is 10.8. The second-order valence-electron chi connectivity index (χ2n) is 5.91. The lowest BCUT2D eigenvalue weighted by atomic mass is 10.1. The number of allylic oxidation sites excluding steroid dienone is 1. The van der Waals surface area contributed by atoms with Crippen LogP contribution in [0.3, 0.4) is 0 Å². The zero-order valence-electron chi connectivity index (χ0n) is 13.2. The van der Waals surface area contributed by atoms with Gasteiger partial charge in [0.25, 0.3) is 0 Å². The predicted octanol–water partition coefficient (Wildman–Crippen LogP) is 6.67. The maximum Gasteiger partial charge on any atom is 0.0611 e. The largest absolute Gasteiger partial charge is 0.148 e. The van der Waals surface area contributed by atoms with Crippen molar-refractivity contribution in [2.75, 3.05) is 23.0 Å². The summed E-state index contributed by atoms with van der Waals surface area (Å²) >= 11 is 8.98. The molecule has 0 saturated carbocycles. The van der Waals surface area contributed by atoms with Crippen molar-refractivity contribution >= 4 is 47.0 Å². The molecule has 0 radical (unpaired) electrons. The van der Waals surface area contributed by atoms with Gasteiger partial charge in [0, 0.05) is 0 Å². The van der Waals surface area contributed by atoms with E-state index < -0.39 is 0 Å². The average molecular weight is 363 g/mol. The third-order valence-corrected chi connectivity index (χ3v) is 10.8. The summed E-state index contributed by atoms with van der Waals surface area (Å²) in [5, 5.41) is 0. The highest BCUT2D eigenvalue weighted by Crippen LogP contribution is 2.49. The highest BCUT2D eigenvalue weighted by molar-refractivity contribution is 8.18. The molecule has 0 N–H and O–H groups in total. The van der Waals surface area contributed by atoms with Crippen molar-refractivity contribution in [3.8, 4) is 0 Å². The number of hydrogen-bond acceptors (Lipinski definition) is 4. The summed E-state index contributed by atoms with van der Waals surface area (Å²) < 4.78 is 1.46. The summed E-state index contributed by atoms with van der Waals surface area (Å²) in [4.78, 5) is 0. The lowest BCUT2D eigenvalue weighted by molar-refractivity contribution is 0.571. The zero-order chi connectivity index (χ0) is 14.8. The van der Waals surface area contributed by atoms with Crippen LogP contribution in [0.5, 0.6) is 0 Å². The van der Waals surface area contributed by atoms with Gasteiger partial charge in [-0.25, -0.2) is 0 Å². The van der Waals surface area contributed by atoms with Crippen LogP contribution >= 0.6 is 47.0 Å². The summed E-state index contributed by atoms with van der Waals surface area (Å²) in [6, 6.07) is 0. The van der Waals surface area contributed by atoms with Gasteiger partial charge in [0.1, 0.15) is 0 Å². The van der Waals surface area contributed by atoms with Gasteiger partial charge in [-0.05, 0) is 74.4 Å². The van der Waals surface area contributed by atoms with Crippen molar-refractivity contribution < 1.29 is 0 Å². The van der Waals surface area contributed by atoms with Crippen molar-refractivity contribution in [3.63, 3.8) is 0 Å². The van der Waals surface area contributed by atoms with E-state index in [4.69, 9.17) is 0 Å². The summed E-state index contributed by atoms with van der Waals surface area (Å²) in [6.07, 6.45) is 14.6. The minimum Gasteiger partial charge on any atom is -0.148 e. The third-order valence-electron chi connectivity index (χ3n) is 4.13. The maximum absolute atomic E-state index is 3.85. The number of unbranched alkanes of at least 4 members (excludes halogenated alkanes) is 2. The summed E-state index contributed by atoms with van der Waals surface area (Å²) in [6.45, 7) is 3.85. The Morgan fingerprint density at radius 1 is 0.905 bits per heavy atom. The molecule has 21 heavy (non-hydrogen) atoms. The third kappa shape index (κ3) is 7.05. The van der Waals surface area contributed by atoms with E-state index in [0.29, 0.717) is 4.08 Å². The van der Waals surface area contributed by atoms with E-state index in [1.54, 1.807) is 0 Å². The summed E-state index contributed by atoms with van der Waals surface area (Å²) in [7, 11) is 0. The van der Waals surface area contributed by atoms with Crippen LogP contribution in [0.15, 0.2) is 12.7 Å². The fraction of sp³-hybridized carbons (Fsp3) is 0.882. The molecule has 2 aliphatic heterocycles. The van der Waals surface area contributed by atoms with Crippen LogP contribution in [0.2, 0.25) is 0 Å². The molecule has 0 aromatic carbocycles. The van der Waals surface area contributed by atoms with E-state index >= 15 is 0 Å². The molecular weight excluding hydrogens is 332 g/mol. The molecule has 122 valence electrons. The van der Waals surface area contributed by atoms with Crippen molar-refractivity contribution in [2.45, 2.75) is 66.4 Å². The van der Waals surface area contributed by atoms with Gasteiger partial charge >= 0.3 is 0 Å². The maximum atomic E-state index is 3.85. The molecule has 2 fully saturated rings. The van der Waals surface area contributed by atoms with Crippen LogP contribution in [0.1, 0.15) is 57.8 Å². The molecule has 0 aliphatic carbocycles. The molecule has 0 aromatic heterocycles. The Hall–Kier alpha value is 1.14. The van der Waals surface area contributed by atoms with E-state index in [2.05, 4.69) is 59.7 Å². The minimum atomic E-state index is 0.559. The Balaban J connectivity index is 1.71. The molecular formula is C17H30S4. The Kier molecular flexibility index (Phi) is 9.53. The quantitative estimate of drug-likeness (QED) is 0.332. The molecule has 0 amide bonds. The first-order chi connectivity index (χ1) is 10.3. The molecule has 0 bridgehead atoms. The van der Waals surface area contributed by atoms with Crippen LogP contribution in [0.25, 0.3) is 0 Å². The number of thioether (sulfide) groups is 4. The average Bonchev–Trinajstić information content (AvgIpc) is 2.54. The van der Waals surface area contributed by atoms with E-state index in [1.807, 2.05) is 0 Å². The number of hydrogen-bond donors (Lipinski definition) is 0. The second-order valence-corrected chi connectivity index (χ2v) is 12.0. The Bertz CT molecular complexity index is 281. The molecule has 2 saturated heterocycles.